The van der Waals surface area contributed by atoms with E-state index in [4.69, 9.17) is 14.7 Å². The predicted octanol–water partition coefficient (Wildman–Crippen LogP) is 10.7. The third-order valence-corrected chi connectivity index (χ3v) is 17.5. The van der Waals surface area contributed by atoms with Gasteiger partial charge in [0.1, 0.15) is 5.82 Å². The quantitative estimate of drug-likeness (QED) is 0.0946. The minimum absolute atomic E-state index is 0. The van der Waals surface area contributed by atoms with Crippen LogP contribution in [-0.2, 0) is 21.1 Å². The van der Waals surface area contributed by atoms with Gasteiger partial charge >= 0.3 is 21.1 Å². The van der Waals surface area contributed by atoms with Crippen LogP contribution >= 0.6 is 0 Å². The molecule has 0 saturated heterocycles. The largest absolute Gasteiger partial charge is 2.00 e. The molecule has 8 aromatic carbocycles. The van der Waals surface area contributed by atoms with Crippen molar-refractivity contribution in [2.75, 3.05) is 4.90 Å². The number of ether oxygens (including phenoxy) is 1. The molecule has 0 atom stereocenters. The van der Waals surface area contributed by atoms with Crippen molar-refractivity contribution in [2.24, 2.45) is 0 Å². The van der Waals surface area contributed by atoms with Crippen molar-refractivity contribution in [3.63, 3.8) is 0 Å². The molecule has 0 aliphatic carbocycles. The van der Waals surface area contributed by atoms with Gasteiger partial charge in [-0.1, -0.05) is 156 Å². The summed E-state index contributed by atoms with van der Waals surface area (Å²) < 4.78 is 11.3. The number of benzene rings is 8. The Labute approximate surface area is 384 Å². The van der Waals surface area contributed by atoms with Gasteiger partial charge in [-0.15, -0.1) is 30.3 Å². The van der Waals surface area contributed by atoms with Gasteiger partial charge in [0, 0.05) is 52.1 Å². The van der Waals surface area contributed by atoms with Crippen LogP contribution in [0.1, 0.15) is 0 Å². The number of aromatic nitrogens is 4. The first-order valence-electron chi connectivity index (χ1n) is 21.2. The van der Waals surface area contributed by atoms with Gasteiger partial charge in [0.25, 0.3) is 0 Å². The van der Waals surface area contributed by atoms with E-state index in [2.05, 4.69) is 202 Å². The van der Waals surface area contributed by atoms with E-state index in [1.807, 2.05) is 36.8 Å². The van der Waals surface area contributed by atoms with E-state index in [1.165, 1.54) is 26.1 Å². The first-order chi connectivity index (χ1) is 31.3. The SMILES string of the molecule is [Pt+2].[c-]1c(Oc2[c-]c3c(cc2)c2ccccc2n2ccnc32)cccc1N1c2ncccc2[Si](c2ccccc2)(c2ccccc2)c2ccc3c4ccccc4n(-c4ccccc4)c3c21. The Hall–Kier alpha value is -7.57. The molecule has 0 fully saturated rings. The molecule has 0 unspecified atom stereocenters. The molecule has 0 saturated carbocycles. The average Bonchev–Trinajstić information content (AvgIpc) is 3.99. The minimum atomic E-state index is -3.05. The van der Waals surface area contributed by atoms with Gasteiger partial charge in [0.2, 0.25) is 0 Å². The predicted molar refractivity (Wildman–Crippen MR) is 258 cm³/mol. The third kappa shape index (κ3) is 5.54. The van der Waals surface area contributed by atoms with Crippen LogP contribution in [0.2, 0.25) is 0 Å². The molecule has 1 aliphatic rings. The van der Waals surface area contributed by atoms with E-state index in [9.17, 15) is 0 Å². The fraction of sp³-hybridized carbons (Fsp3) is 0. The van der Waals surface area contributed by atoms with Crippen LogP contribution in [0.5, 0.6) is 11.5 Å². The van der Waals surface area contributed by atoms with Crippen LogP contribution in [0.25, 0.3) is 54.8 Å². The van der Waals surface area contributed by atoms with Gasteiger partial charge in [-0.25, -0.2) is 4.98 Å². The number of para-hydroxylation sites is 3. The number of pyridine rings is 2. The number of imidazole rings is 1. The number of anilines is 3. The number of nitrogens with zero attached hydrogens (tertiary/aromatic N) is 5. The Kier molecular flexibility index (Phi) is 8.97. The molecule has 4 aromatic heterocycles. The maximum absolute atomic E-state index is 6.75. The van der Waals surface area contributed by atoms with Crippen molar-refractivity contribution in [1.82, 2.24) is 18.9 Å². The molecular weight excluding hydrogens is 982 g/mol. The van der Waals surface area contributed by atoms with Crippen LogP contribution in [0.4, 0.5) is 17.2 Å². The molecule has 1 aliphatic heterocycles. The average molecular weight is 1020 g/mol. The Morgan fingerprint density at radius 3 is 1.91 bits per heavy atom. The molecule has 13 rings (SSSR count). The van der Waals surface area contributed by atoms with Gasteiger partial charge < -0.3 is 18.6 Å². The minimum Gasteiger partial charge on any atom is -0.503 e. The summed E-state index contributed by atoms with van der Waals surface area (Å²) >= 11 is 0. The molecule has 64 heavy (non-hydrogen) atoms. The van der Waals surface area contributed by atoms with Gasteiger partial charge in [-0.2, -0.15) is 6.07 Å². The summed E-state index contributed by atoms with van der Waals surface area (Å²) in [5, 5.41) is 10.5. The van der Waals surface area contributed by atoms with Crippen LogP contribution in [0.3, 0.4) is 0 Å². The molecule has 0 spiro atoms. The second-order valence-corrected chi connectivity index (χ2v) is 19.7. The molecule has 5 heterocycles. The van der Waals surface area contributed by atoms with Crippen LogP contribution < -0.4 is 30.4 Å². The van der Waals surface area contributed by atoms with Crippen molar-refractivity contribution >= 4 is 95.1 Å². The maximum Gasteiger partial charge on any atom is 2.00 e. The second-order valence-electron chi connectivity index (χ2n) is 16.0. The van der Waals surface area contributed by atoms with Gasteiger partial charge in [-0.05, 0) is 56.5 Å². The van der Waals surface area contributed by atoms with Gasteiger partial charge in [0.05, 0.1) is 22.4 Å². The van der Waals surface area contributed by atoms with Crippen molar-refractivity contribution in [3.05, 3.63) is 225 Å². The summed E-state index contributed by atoms with van der Waals surface area (Å²) in [6.45, 7) is 0. The number of fused-ring (bicyclic) bond motifs is 12. The zero-order chi connectivity index (χ0) is 41.5. The number of hydrogen-bond acceptors (Lipinski definition) is 4. The van der Waals surface area contributed by atoms with Crippen LogP contribution in [0, 0.1) is 12.1 Å². The van der Waals surface area contributed by atoms with E-state index in [0.29, 0.717) is 11.5 Å². The number of hydrogen-bond donors (Lipinski definition) is 0. The fourth-order valence-corrected chi connectivity index (χ4v) is 15.2. The third-order valence-electron chi connectivity index (χ3n) is 12.7. The Morgan fingerprint density at radius 1 is 0.484 bits per heavy atom. The summed E-state index contributed by atoms with van der Waals surface area (Å²) in [4.78, 5) is 12.4. The standard InChI is InChI=1S/C56H35N5OSi.Pt/c1-4-16-38(17-5-1)60-50-27-13-11-25-46(50)47-31-32-51-54(53(47)60)61(56-52(28-15-33-57-56)63(51,42-20-6-2-7-21-42)43-22-8-3-9-23-43)39-18-14-19-40(36-39)62-41-29-30-44-45-24-10-12-26-49(45)59-35-34-58-55(59)48(44)37-41;/h1-35H;/q-2;+2. The van der Waals surface area contributed by atoms with E-state index in [1.54, 1.807) is 0 Å². The summed E-state index contributed by atoms with van der Waals surface area (Å²) in [6, 6.07) is 76.7. The Balaban J connectivity index is 0.00000433. The molecule has 0 amide bonds. The van der Waals surface area contributed by atoms with Crippen molar-refractivity contribution in [3.8, 4) is 17.2 Å². The van der Waals surface area contributed by atoms with E-state index in [0.717, 1.165) is 66.6 Å². The van der Waals surface area contributed by atoms with Crippen molar-refractivity contribution in [2.45, 2.75) is 0 Å². The zero-order valence-electron chi connectivity index (χ0n) is 34.2. The summed E-state index contributed by atoms with van der Waals surface area (Å²) in [6.07, 6.45) is 5.76. The first-order valence-corrected chi connectivity index (χ1v) is 23.2. The van der Waals surface area contributed by atoms with E-state index >= 15 is 0 Å². The summed E-state index contributed by atoms with van der Waals surface area (Å²) in [5.41, 5.74) is 7.17. The molecule has 12 aromatic rings. The normalized spacial score (nSPS) is 13.0. The first kappa shape index (κ1) is 38.1. The molecule has 304 valence electrons. The fourth-order valence-electron chi connectivity index (χ4n) is 10.2. The van der Waals surface area contributed by atoms with E-state index in [-0.39, 0.29) is 21.1 Å². The Morgan fingerprint density at radius 2 is 1.14 bits per heavy atom. The topological polar surface area (TPSA) is 47.6 Å². The molecule has 0 N–H and O–H groups in total. The maximum atomic E-state index is 6.75. The molecular formula is C56H35N5OPtSi. The molecule has 8 heteroatoms. The van der Waals surface area contributed by atoms with Gasteiger partial charge in [0.15, 0.2) is 8.07 Å². The summed E-state index contributed by atoms with van der Waals surface area (Å²) in [7, 11) is -3.05. The van der Waals surface area contributed by atoms with Crippen LogP contribution in [0.15, 0.2) is 213 Å². The van der Waals surface area contributed by atoms with E-state index < -0.39 is 8.07 Å². The van der Waals surface area contributed by atoms with Gasteiger partial charge in [-0.3, -0.25) is 4.98 Å². The molecule has 0 radical (unpaired) electrons. The molecule has 0 bridgehead atoms. The van der Waals surface area contributed by atoms with Crippen molar-refractivity contribution < 1.29 is 25.8 Å². The smallest absolute Gasteiger partial charge is 0.503 e. The monoisotopic (exact) mass is 1020 g/mol. The van der Waals surface area contributed by atoms with Crippen LogP contribution in [-0.4, -0.2) is 27.0 Å². The molecule has 6 nitrogen and oxygen atoms in total. The second kappa shape index (κ2) is 15.1. The number of rotatable bonds is 6. The van der Waals surface area contributed by atoms with Crippen molar-refractivity contribution in [1.29, 1.82) is 0 Å². The zero-order valence-corrected chi connectivity index (χ0v) is 37.4. The Bertz CT molecular complexity index is 3700. The summed E-state index contributed by atoms with van der Waals surface area (Å²) in [5.74, 6) is 2.03.